The van der Waals surface area contributed by atoms with Gasteiger partial charge in [0.05, 0.1) is 10.9 Å². The van der Waals surface area contributed by atoms with Gasteiger partial charge in [-0.05, 0) is 26.1 Å². The van der Waals surface area contributed by atoms with E-state index in [2.05, 4.69) is 21.9 Å². The first-order chi connectivity index (χ1) is 9.65. The summed E-state index contributed by atoms with van der Waals surface area (Å²) >= 11 is 1.56. The lowest BCUT2D eigenvalue weighted by molar-refractivity contribution is 0.0539. The van der Waals surface area contributed by atoms with Crippen LogP contribution in [0.3, 0.4) is 0 Å². The number of imidazole rings is 1. The monoisotopic (exact) mass is 290 g/mol. The van der Waals surface area contributed by atoms with E-state index in [1.165, 1.54) is 4.88 Å². The summed E-state index contributed by atoms with van der Waals surface area (Å²) in [7, 11) is 2.07. The van der Waals surface area contributed by atoms with E-state index in [-0.39, 0.29) is 11.9 Å². The zero-order valence-corrected chi connectivity index (χ0v) is 12.5. The average molecular weight is 290 g/mol. The van der Waals surface area contributed by atoms with Gasteiger partial charge in [-0.2, -0.15) is 0 Å². The van der Waals surface area contributed by atoms with Crippen molar-refractivity contribution in [2.24, 2.45) is 0 Å². The normalized spacial score (nSPS) is 20.3. The molecule has 106 valence electrons. The number of hydrogen-bond donors (Lipinski definition) is 1. The molecule has 1 fully saturated rings. The summed E-state index contributed by atoms with van der Waals surface area (Å²) in [5, 5.41) is 0. The molecule has 3 heterocycles. The minimum Gasteiger partial charge on any atom is -0.347 e. The predicted octanol–water partition coefficient (Wildman–Crippen LogP) is 1.91. The van der Waals surface area contributed by atoms with E-state index in [0.29, 0.717) is 6.54 Å². The molecule has 1 atom stereocenters. The summed E-state index contributed by atoms with van der Waals surface area (Å²) in [6, 6.07) is 4.06. The second kappa shape index (κ2) is 5.38. The molecule has 0 unspecified atom stereocenters. The molecule has 20 heavy (non-hydrogen) atoms. The second-order valence-electron chi connectivity index (χ2n) is 5.13. The number of nitrogens with one attached hydrogen (secondary N) is 1. The topological polar surface area (TPSA) is 52.2 Å². The fraction of sp³-hybridized carbons (Fsp3) is 0.429. The third kappa shape index (κ3) is 2.48. The number of piperazine rings is 1. The number of rotatable bonds is 2. The number of H-pyrrole nitrogens is 1. The van der Waals surface area contributed by atoms with Crippen molar-refractivity contribution in [3.8, 4) is 0 Å². The van der Waals surface area contributed by atoms with Crippen molar-refractivity contribution in [2.75, 3.05) is 26.7 Å². The van der Waals surface area contributed by atoms with E-state index in [4.69, 9.17) is 0 Å². The first kappa shape index (κ1) is 13.3. The number of amides is 1. The molecule has 1 amide bonds. The van der Waals surface area contributed by atoms with E-state index >= 15 is 0 Å². The van der Waals surface area contributed by atoms with Gasteiger partial charge >= 0.3 is 0 Å². The Labute approximate surface area is 122 Å². The van der Waals surface area contributed by atoms with Gasteiger partial charge in [0.1, 0.15) is 5.82 Å². The van der Waals surface area contributed by atoms with Crippen molar-refractivity contribution >= 4 is 17.2 Å². The third-order valence-electron chi connectivity index (χ3n) is 3.72. The van der Waals surface area contributed by atoms with Gasteiger partial charge in [-0.25, -0.2) is 4.98 Å². The SMILES string of the molecule is Cc1ccc(C(=O)N2CCN(C)[C@@H](c3ncc[nH]3)C2)s1. The molecule has 1 aliphatic heterocycles. The molecule has 5 nitrogen and oxygen atoms in total. The minimum atomic E-state index is 0.132. The summed E-state index contributed by atoms with van der Waals surface area (Å²) in [5.74, 6) is 1.06. The molecule has 2 aromatic heterocycles. The highest BCUT2D eigenvalue weighted by molar-refractivity contribution is 7.13. The second-order valence-corrected chi connectivity index (χ2v) is 6.42. The van der Waals surface area contributed by atoms with E-state index in [0.717, 1.165) is 23.8 Å². The minimum absolute atomic E-state index is 0.132. The summed E-state index contributed by atoms with van der Waals surface area (Å²) in [6.07, 6.45) is 3.58. The van der Waals surface area contributed by atoms with E-state index in [9.17, 15) is 4.79 Å². The highest BCUT2D eigenvalue weighted by Crippen LogP contribution is 2.24. The zero-order valence-electron chi connectivity index (χ0n) is 11.7. The Balaban J connectivity index is 1.77. The van der Waals surface area contributed by atoms with Gasteiger partial charge in [-0.15, -0.1) is 11.3 Å². The Kier molecular flexibility index (Phi) is 3.58. The van der Waals surface area contributed by atoms with Crippen molar-refractivity contribution < 1.29 is 4.79 Å². The maximum absolute atomic E-state index is 12.5. The molecule has 1 N–H and O–H groups in total. The van der Waals surface area contributed by atoms with Gasteiger partial charge in [0.15, 0.2) is 0 Å². The van der Waals surface area contributed by atoms with Crippen molar-refractivity contribution in [1.82, 2.24) is 19.8 Å². The molecule has 6 heteroatoms. The smallest absolute Gasteiger partial charge is 0.264 e. The number of carbonyl (C=O) groups excluding carboxylic acids is 1. The van der Waals surface area contributed by atoms with Gasteiger partial charge in [-0.3, -0.25) is 9.69 Å². The molecule has 0 spiro atoms. The van der Waals surface area contributed by atoms with Gasteiger partial charge < -0.3 is 9.88 Å². The van der Waals surface area contributed by atoms with Crippen molar-refractivity contribution in [3.05, 3.63) is 40.1 Å². The summed E-state index contributed by atoms with van der Waals surface area (Å²) in [4.78, 5) is 26.2. The van der Waals surface area contributed by atoms with Crippen LogP contribution in [0.2, 0.25) is 0 Å². The van der Waals surface area contributed by atoms with Crippen LogP contribution in [0.5, 0.6) is 0 Å². The highest BCUT2D eigenvalue weighted by Gasteiger charge is 2.30. The Morgan fingerprint density at radius 3 is 2.95 bits per heavy atom. The average Bonchev–Trinajstić information content (AvgIpc) is 3.09. The lowest BCUT2D eigenvalue weighted by atomic mass is 10.1. The third-order valence-corrected chi connectivity index (χ3v) is 4.71. The fourth-order valence-electron chi connectivity index (χ4n) is 2.52. The molecule has 0 aliphatic carbocycles. The van der Waals surface area contributed by atoms with Crippen molar-refractivity contribution in [2.45, 2.75) is 13.0 Å². The number of nitrogens with zero attached hydrogens (tertiary/aromatic N) is 3. The van der Waals surface area contributed by atoms with Crippen LogP contribution in [-0.2, 0) is 0 Å². The molecule has 0 bridgehead atoms. The summed E-state index contributed by atoms with van der Waals surface area (Å²) < 4.78 is 0. The van der Waals surface area contributed by atoms with Crippen molar-refractivity contribution in [3.63, 3.8) is 0 Å². The largest absolute Gasteiger partial charge is 0.347 e. The molecule has 2 aromatic rings. The van der Waals surface area contributed by atoms with Gasteiger partial charge in [-0.1, -0.05) is 0 Å². The lowest BCUT2D eigenvalue weighted by Crippen LogP contribution is -2.49. The Morgan fingerprint density at radius 1 is 1.45 bits per heavy atom. The fourth-order valence-corrected chi connectivity index (χ4v) is 3.35. The number of aromatic amines is 1. The first-order valence-electron chi connectivity index (χ1n) is 6.70. The van der Waals surface area contributed by atoms with Crippen LogP contribution < -0.4 is 0 Å². The molecular formula is C14H18N4OS. The number of aromatic nitrogens is 2. The lowest BCUT2D eigenvalue weighted by Gasteiger charge is -2.38. The van der Waals surface area contributed by atoms with E-state index < -0.39 is 0 Å². The zero-order chi connectivity index (χ0) is 14.1. The van der Waals surface area contributed by atoms with Crippen LogP contribution in [-0.4, -0.2) is 52.4 Å². The number of carbonyl (C=O) groups is 1. The molecule has 0 aromatic carbocycles. The standard InChI is InChI=1S/C14H18N4OS/c1-10-3-4-12(20-10)14(19)18-8-7-17(2)11(9-18)13-15-5-6-16-13/h3-6,11H,7-9H2,1-2H3,(H,15,16)/t11-/m1/s1. The summed E-state index contributed by atoms with van der Waals surface area (Å²) in [5.41, 5.74) is 0. The Bertz CT molecular complexity index is 592. The van der Waals surface area contributed by atoms with Crippen LogP contribution in [0, 0.1) is 6.92 Å². The van der Waals surface area contributed by atoms with E-state index in [1.54, 1.807) is 17.5 Å². The molecule has 1 saturated heterocycles. The van der Waals surface area contributed by atoms with Crippen molar-refractivity contribution in [1.29, 1.82) is 0 Å². The van der Waals surface area contributed by atoms with Gasteiger partial charge in [0.25, 0.3) is 5.91 Å². The molecule has 0 radical (unpaired) electrons. The van der Waals surface area contributed by atoms with Crippen LogP contribution in [0.4, 0.5) is 0 Å². The van der Waals surface area contributed by atoms with Gasteiger partial charge in [0, 0.05) is 36.9 Å². The quantitative estimate of drug-likeness (QED) is 0.919. The van der Waals surface area contributed by atoms with Crippen LogP contribution in [0.15, 0.2) is 24.5 Å². The number of aryl methyl sites for hydroxylation is 1. The number of thiophene rings is 1. The molecular weight excluding hydrogens is 272 g/mol. The highest BCUT2D eigenvalue weighted by atomic mass is 32.1. The predicted molar refractivity (Wildman–Crippen MR) is 78.9 cm³/mol. The Hall–Kier alpha value is -1.66. The first-order valence-corrected chi connectivity index (χ1v) is 7.52. The molecule has 3 rings (SSSR count). The molecule has 1 aliphatic rings. The number of hydrogen-bond acceptors (Lipinski definition) is 4. The van der Waals surface area contributed by atoms with Gasteiger partial charge in [0.2, 0.25) is 0 Å². The summed E-state index contributed by atoms with van der Waals surface area (Å²) in [6.45, 7) is 4.34. The van der Waals surface area contributed by atoms with E-state index in [1.807, 2.05) is 30.2 Å². The number of likely N-dealkylation sites (N-methyl/N-ethyl adjacent to an activating group) is 1. The van der Waals surface area contributed by atoms with Crippen LogP contribution in [0.25, 0.3) is 0 Å². The maximum atomic E-state index is 12.5. The maximum Gasteiger partial charge on any atom is 0.264 e. The molecule has 0 saturated carbocycles. The van der Waals surface area contributed by atoms with Crippen LogP contribution >= 0.6 is 11.3 Å². The Morgan fingerprint density at radius 2 is 2.30 bits per heavy atom. The van der Waals surface area contributed by atoms with Crippen LogP contribution in [0.1, 0.15) is 26.4 Å².